The molecule has 3 aromatic rings. The smallest absolute Gasteiger partial charge is 0.225 e. The van der Waals surface area contributed by atoms with E-state index >= 15 is 0 Å². The third-order valence-corrected chi connectivity index (χ3v) is 6.73. The van der Waals surface area contributed by atoms with Crippen molar-refractivity contribution in [3.05, 3.63) is 77.2 Å². The molecule has 2 N–H and O–H groups in total. The van der Waals surface area contributed by atoms with Gasteiger partial charge < -0.3 is 10.5 Å². The average molecular weight is 407 g/mol. The van der Waals surface area contributed by atoms with Crippen LogP contribution in [0, 0.1) is 5.41 Å². The van der Waals surface area contributed by atoms with Crippen LogP contribution in [-0.2, 0) is 17.8 Å². The highest BCUT2D eigenvalue weighted by Gasteiger charge is 2.43. The Bertz CT molecular complexity index is 986. The molecule has 5 heteroatoms. The molecule has 4 rings (SSSR count). The van der Waals surface area contributed by atoms with Crippen LogP contribution in [0.15, 0.2) is 66.0 Å². The van der Waals surface area contributed by atoms with Crippen LogP contribution in [-0.4, -0.2) is 31.0 Å². The maximum atomic E-state index is 12.6. The number of ether oxygens (including phenoxy) is 1. The Labute approximate surface area is 175 Å². The summed E-state index contributed by atoms with van der Waals surface area (Å²) in [5, 5.41) is 2.08. The van der Waals surface area contributed by atoms with Gasteiger partial charge in [-0.15, -0.1) is 11.3 Å². The number of carbonyl (C=O) groups excluding carboxylic acids is 1. The van der Waals surface area contributed by atoms with Crippen LogP contribution in [0.4, 0.5) is 0 Å². The van der Waals surface area contributed by atoms with Crippen molar-refractivity contribution in [3.8, 4) is 16.2 Å². The molecule has 1 atom stereocenters. The van der Waals surface area contributed by atoms with Crippen molar-refractivity contribution < 1.29 is 9.53 Å². The molecule has 2 aromatic carbocycles. The zero-order valence-corrected chi connectivity index (χ0v) is 17.5. The first kappa shape index (κ1) is 19.7. The Kier molecular flexibility index (Phi) is 5.69. The van der Waals surface area contributed by atoms with Crippen LogP contribution < -0.4 is 10.5 Å². The van der Waals surface area contributed by atoms with Gasteiger partial charge in [-0.25, -0.2) is 0 Å². The molecule has 1 aliphatic heterocycles. The van der Waals surface area contributed by atoms with Crippen LogP contribution in [0.25, 0.3) is 10.4 Å². The molecule has 1 amide bonds. The summed E-state index contributed by atoms with van der Waals surface area (Å²) < 4.78 is 5.33. The third kappa shape index (κ3) is 4.21. The van der Waals surface area contributed by atoms with Gasteiger partial charge in [0, 0.05) is 18.0 Å². The molecule has 0 saturated carbocycles. The predicted molar refractivity (Wildman–Crippen MR) is 118 cm³/mol. The van der Waals surface area contributed by atoms with E-state index < -0.39 is 5.41 Å². The number of thiophene rings is 1. The lowest BCUT2D eigenvalue weighted by molar-refractivity contribution is -0.127. The number of rotatable bonds is 7. The van der Waals surface area contributed by atoms with E-state index in [4.69, 9.17) is 10.5 Å². The summed E-state index contributed by atoms with van der Waals surface area (Å²) in [5.41, 5.74) is 9.01. The van der Waals surface area contributed by atoms with Gasteiger partial charge in [-0.05, 0) is 59.7 Å². The van der Waals surface area contributed by atoms with Crippen molar-refractivity contribution in [2.75, 3.05) is 20.2 Å². The minimum absolute atomic E-state index is 0.202. The molecule has 1 fully saturated rings. The number of amides is 1. The molecule has 0 aliphatic carbocycles. The summed E-state index contributed by atoms with van der Waals surface area (Å²) in [6.45, 7) is 2.33. The summed E-state index contributed by atoms with van der Waals surface area (Å²) in [4.78, 5) is 16.2. The lowest BCUT2D eigenvalue weighted by Crippen LogP contribution is -2.41. The van der Waals surface area contributed by atoms with E-state index in [9.17, 15) is 4.79 Å². The van der Waals surface area contributed by atoms with E-state index in [0.29, 0.717) is 13.0 Å². The highest BCUT2D eigenvalue weighted by Crippen LogP contribution is 2.38. The summed E-state index contributed by atoms with van der Waals surface area (Å²) in [6.07, 6.45) is 1.45. The first-order chi connectivity index (χ1) is 14.1. The Morgan fingerprint density at radius 3 is 2.79 bits per heavy atom. The number of methoxy groups -OCH3 is 1. The highest BCUT2D eigenvalue weighted by molar-refractivity contribution is 7.13. The summed E-state index contributed by atoms with van der Waals surface area (Å²) >= 11 is 1.72. The van der Waals surface area contributed by atoms with Gasteiger partial charge in [0.05, 0.1) is 12.5 Å². The molecule has 29 heavy (non-hydrogen) atoms. The number of nitrogens with zero attached hydrogens (tertiary/aromatic N) is 1. The minimum atomic E-state index is -0.535. The Hall–Kier alpha value is -2.63. The minimum Gasteiger partial charge on any atom is -0.497 e. The van der Waals surface area contributed by atoms with Crippen molar-refractivity contribution in [2.24, 2.45) is 11.1 Å². The van der Waals surface area contributed by atoms with Crippen molar-refractivity contribution in [1.29, 1.82) is 0 Å². The second kappa shape index (κ2) is 8.39. The molecule has 1 aliphatic rings. The topological polar surface area (TPSA) is 55.6 Å². The van der Waals surface area contributed by atoms with E-state index in [2.05, 4.69) is 52.7 Å². The van der Waals surface area contributed by atoms with Gasteiger partial charge in [0.25, 0.3) is 0 Å². The van der Waals surface area contributed by atoms with Crippen LogP contribution >= 0.6 is 11.3 Å². The number of primary amides is 1. The zero-order valence-electron chi connectivity index (χ0n) is 16.6. The summed E-state index contributed by atoms with van der Waals surface area (Å²) in [7, 11) is 1.68. The van der Waals surface area contributed by atoms with Gasteiger partial charge in [-0.3, -0.25) is 9.69 Å². The van der Waals surface area contributed by atoms with Gasteiger partial charge in [-0.2, -0.15) is 0 Å². The van der Waals surface area contributed by atoms with E-state index in [1.54, 1.807) is 18.4 Å². The van der Waals surface area contributed by atoms with Crippen molar-refractivity contribution in [2.45, 2.75) is 19.4 Å². The van der Waals surface area contributed by atoms with Crippen molar-refractivity contribution >= 4 is 17.2 Å². The van der Waals surface area contributed by atoms with Gasteiger partial charge in [-0.1, -0.05) is 42.5 Å². The summed E-state index contributed by atoms with van der Waals surface area (Å²) in [6, 6.07) is 20.7. The standard InChI is InChI=1S/C24H26N2O2S/c1-28-20-8-4-6-18(14-20)16-26-12-11-24(17-26,23(25)27)15-19-7-2-3-9-21(19)22-10-5-13-29-22/h2-10,13-14H,11-12,15-17H2,1H3,(H2,25,27). The molecule has 150 valence electrons. The second-order valence-corrected chi connectivity index (χ2v) is 8.72. The third-order valence-electron chi connectivity index (χ3n) is 5.83. The monoisotopic (exact) mass is 406 g/mol. The number of likely N-dealkylation sites (tertiary alicyclic amines) is 1. The second-order valence-electron chi connectivity index (χ2n) is 7.77. The molecule has 0 radical (unpaired) electrons. The fourth-order valence-corrected chi connectivity index (χ4v) is 5.05. The average Bonchev–Trinajstić information content (AvgIpc) is 3.40. The highest BCUT2D eigenvalue weighted by atomic mass is 32.1. The largest absolute Gasteiger partial charge is 0.497 e. The van der Waals surface area contributed by atoms with Gasteiger partial charge in [0.15, 0.2) is 0 Å². The lowest BCUT2D eigenvalue weighted by atomic mass is 9.79. The Balaban J connectivity index is 1.55. The number of nitrogens with two attached hydrogens (primary N) is 1. The van der Waals surface area contributed by atoms with E-state index in [1.165, 1.54) is 21.6 Å². The number of hydrogen-bond acceptors (Lipinski definition) is 4. The lowest BCUT2D eigenvalue weighted by Gasteiger charge is -2.27. The van der Waals surface area contributed by atoms with Crippen LogP contribution in [0.1, 0.15) is 17.5 Å². The quantitative estimate of drug-likeness (QED) is 0.635. The molecule has 1 saturated heterocycles. The molecular formula is C24H26N2O2S. The molecule has 1 unspecified atom stereocenters. The van der Waals surface area contributed by atoms with Crippen LogP contribution in [0.3, 0.4) is 0 Å². The molecule has 0 spiro atoms. The van der Waals surface area contributed by atoms with E-state index in [-0.39, 0.29) is 5.91 Å². The van der Waals surface area contributed by atoms with Gasteiger partial charge in [0.1, 0.15) is 5.75 Å². The fourth-order valence-electron chi connectivity index (χ4n) is 4.27. The molecule has 1 aromatic heterocycles. The van der Waals surface area contributed by atoms with E-state index in [1.807, 2.05) is 18.2 Å². The van der Waals surface area contributed by atoms with Gasteiger partial charge >= 0.3 is 0 Å². The number of benzene rings is 2. The number of carbonyl (C=O) groups is 1. The van der Waals surface area contributed by atoms with Crippen molar-refractivity contribution in [1.82, 2.24) is 4.90 Å². The Morgan fingerprint density at radius 2 is 2.03 bits per heavy atom. The van der Waals surface area contributed by atoms with Crippen molar-refractivity contribution in [3.63, 3.8) is 0 Å². The fraction of sp³-hybridized carbons (Fsp3) is 0.292. The molecular weight excluding hydrogens is 380 g/mol. The zero-order chi connectivity index (χ0) is 20.3. The summed E-state index contributed by atoms with van der Waals surface area (Å²) in [5.74, 6) is 0.652. The predicted octanol–water partition coefficient (Wildman–Crippen LogP) is 4.34. The van der Waals surface area contributed by atoms with Gasteiger partial charge in [0.2, 0.25) is 5.91 Å². The maximum absolute atomic E-state index is 12.6. The molecule has 4 nitrogen and oxygen atoms in total. The van der Waals surface area contributed by atoms with E-state index in [0.717, 1.165) is 25.3 Å². The maximum Gasteiger partial charge on any atom is 0.225 e. The first-order valence-corrected chi connectivity index (χ1v) is 10.7. The molecule has 0 bridgehead atoms. The number of hydrogen-bond donors (Lipinski definition) is 1. The SMILES string of the molecule is COc1cccc(CN2CCC(Cc3ccccc3-c3cccs3)(C(N)=O)C2)c1. The van der Waals surface area contributed by atoms with Crippen LogP contribution in [0.5, 0.6) is 5.75 Å². The molecule has 2 heterocycles. The first-order valence-electron chi connectivity index (χ1n) is 9.87. The Morgan fingerprint density at radius 1 is 1.17 bits per heavy atom. The van der Waals surface area contributed by atoms with Crippen LogP contribution in [0.2, 0.25) is 0 Å². The normalized spacial score (nSPS) is 19.3.